The fourth-order valence-corrected chi connectivity index (χ4v) is 2.83. The zero-order chi connectivity index (χ0) is 13.7. The van der Waals surface area contributed by atoms with E-state index in [9.17, 15) is 9.32 Å². The summed E-state index contributed by atoms with van der Waals surface area (Å²) < 4.78 is 12.2. The maximum Gasteiger partial charge on any atom is 0.112 e. The Kier molecular flexibility index (Phi) is 4.66. The standard InChI is InChI=1S/C16H16O2S/c1-13(16(17)15-10-6-3-7-11-15)19(18)12-14-8-4-2-5-9-14/h2-11,16-17H,1,12H2. The summed E-state index contributed by atoms with van der Waals surface area (Å²) in [6.07, 6.45) is -0.884. The minimum atomic E-state index is -1.29. The van der Waals surface area contributed by atoms with Crippen molar-refractivity contribution >= 4 is 10.8 Å². The number of hydrogen-bond acceptors (Lipinski definition) is 2. The van der Waals surface area contributed by atoms with Gasteiger partial charge in [0.2, 0.25) is 0 Å². The van der Waals surface area contributed by atoms with Crippen LogP contribution in [0.2, 0.25) is 0 Å². The molecule has 2 nitrogen and oxygen atoms in total. The average molecular weight is 272 g/mol. The lowest BCUT2D eigenvalue weighted by atomic mass is 10.1. The summed E-state index contributed by atoms with van der Waals surface area (Å²) in [4.78, 5) is 0.343. The molecule has 0 fully saturated rings. The number of hydrogen-bond donors (Lipinski definition) is 1. The zero-order valence-corrected chi connectivity index (χ0v) is 11.3. The SMILES string of the molecule is C=C(C(O)c1ccccc1)S(=O)Cc1ccccc1. The van der Waals surface area contributed by atoms with Crippen molar-refractivity contribution in [2.24, 2.45) is 0 Å². The Morgan fingerprint density at radius 3 is 2.16 bits per heavy atom. The van der Waals surface area contributed by atoms with E-state index in [1.807, 2.05) is 48.5 Å². The summed E-state index contributed by atoms with van der Waals surface area (Å²) >= 11 is 0. The molecule has 98 valence electrons. The lowest BCUT2D eigenvalue weighted by molar-refractivity contribution is 0.224. The molecule has 2 atom stereocenters. The van der Waals surface area contributed by atoms with Crippen molar-refractivity contribution in [1.29, 1.82) is 0 Å². The molecule has 19 heavy (non-hydrogen) atoms. The molecule has 0 saturated heterocycles. The molecule has 0 aliphatic heterocycles. The smallest absolute Gasteiger partial charge is 0.112 e. The minimum absolute atomic E-state index is 0.343. The first-order chi connectivity index (χ1) is 9.18. The second kappa shape index (κ2) is 6.45. The zero-order valence-electron chi connectivity index (χ0n) is 10.5. The molecule has 0 aromatic heterocycles. The van der Waals surface area contributed by atoms with Crippen LogP contribution in [-0.2, 0) is 16.6 Å². The van der Waals surface area contributed by atoms with Gasteiger partial charge in [-0.2, -0.15) is 0 Å². The minimum Gasteiger partial charge on any atom is -0.383 e. The van der Waals surface area contributed by atoms with Crippen molar-refractivity contribution in [3.63, 3.8) is 0 Å². The van der Waals surface area contributed by atoms with Gasteiger partial charge >= 0.3 is 0 Å². The van der Waals surface area contributed by atoms with Gasteiger partial charge in [0.25, 0.3) is 0 Å². The first-order valence-electron chi connectivity index (χ1n) is 6.02. The maximum absolute atomic E-state index is 12.2. The van der Waals surface area contributed by atoms with Crippen LogP contribution in [0.15, 0.2) is 72.1 Å². The number of aliphatic hydroxyl groups excluding tert-OH is 1. The van der Waals surface area contributed by atoms with E-state index in [2.05, 4.69) is 6.58 Å². The third-order valence-electron chi connectivity index (χ3n) is 2.85. The maximum atomic E-state index is 12.2. The van der Waals surface area contributed by atoms with E-state index in [4.69, 9.17) is 0 Å². The van der Waals surface area contributed by atoms with E-state index in [-0.39, 0.29) is 0 Å². The molecule has 0 saturated carbocycles. The van der Waals surface area contributed by atoms with Gasteiger partial charge in [0.1, 0.15) is 6.10 Å². The van der Waals surface area contributed by atoms with Crippen molar-refractivity contribution in [3.05, 3.63) is 83.3 Å². The molecular weight excluding hydrogens is 256 g/mol. The Bertz CT molecular complexity index is 564. The number of benzene rings is 2. The summed E-state index contributed by atoms with van der Waals surface area (Å²) in [6.45, 7) is 3.78. The molecule has 0 heterocycles. The van der Waals surface area contributed by atoms with Gasteiger partial charge in [-0.05, 0) is 11.1 Å². The highest BCUT2D eigenvalue weighted by Gasteiger charge is 2.17. The third-order valence-corrected chi connectivity index (χ3v) is 4.26. The quantitative estimate of drug-likeness (QED) is 0.907. The van der Waals surface area contributed by atoms with Crippen LogP contribution in [0.5, 0.6) is 0 Å². The highest BCUT2D eigenvalue weighted by atomic mass is 32.2. The van der Waals surface area contributed by atoms with Crippen LogP contribution < -0.4 is 0 Å². The molecule has 0 aliphatic carbocycles. The van der Waals surface area contributed by atoms with E-state index < -0.39 is 16.9 Å². The summed E-state index contributed by atoms with van der Waals surface area (Å²) in [5.41, 5.74) is 1.69. The molecule has 1 N–H and O–H groups in total. The van der Waals surface area contributed by atoms with Gasteiger partial charge in [0.05, 0.1) is 16.6 Å². The van der Waals surface area contributed by atoms with E-state index >= 15 is 0 Å². The molecule has 2 aromatic carbocycles. The Balaban J connectivity index is 2.06. The molecule has 0 aliphatic rings. The lowest BCUT2D eigenvalue weighted by Crippen LogP contribution is -2.07. The van der Waals surface area contributed by atoms with Crippen LogP contribution >= 0.6 is 0 Å². The molecule has 0 spiro atoms. The number of aliphatic hydroxyl groups is 1. The highest BCUT2D eigenvalue weighted by molar-refractivity contribution is 7.88. The van der Waals surface area contributed by atoms with Crippen molar-refractivity contribution < 1.29 is 9.32 Å². The lowest BCUT2D eigenvalue weighted by Gasteiger charge is -2.13. The van der Waals surface area contributed by atoms with Crippen molar-refractivity contribution in [2.75, 3.05) is 0 Å². The topological polar surface area (TPSA) is 37.3 Å². The third kappa shape index (κ3) is 3.63. The Morgan fingerprint density at radius 1 is 1.05 bits per heavy atom. The summed E-state index contributed by atoms with van der Waals surface area (Å²) in [5, 5.41) is 10.1. The fourth-order valence-electron chi connectivity index (χ4n) is 1.76. The predicted molar refractivity (Wildman–Crippen MR) is 78.8 cm³/mol. The Morgan fingerprint density at radius 2 is 1.58 bits per heavy atom. The molecule has 3 heteroatoms. The molecule has 2 rings (SSSR count). The van der Waals surface area contributed by atoms with Gasteiger partial charge < -0.3 is 5.11 Å². The average Bonchev–Trinajstić information content (AvgIpc) is 2.47. The van der Waals surface area contributed by atoms with Crippen LogP contribution in [0.3, 0.4) is 0 Å². The van der Waals surface area contributed by atoms with Gasteiger partial charge in [-0.25, -0.2) is 0 Å². The molecule has 0 bridgehead atoms. The van der Waals surface area contributed by atoms with Gasteiger partial charge in [0, 0.05) is 4.91 Å². The first kappa shape index (κ1) is 13.7. The van der Waals surface area contributed by atoms with E-state index in [1.54, 1.807) is 12.1 Å². The molecule has 2 aromatic rings. The molecule has 0 radical (unpaired) electrons. The van der Waals surface area contributed by atoms with Crippen LogP contribution in [-0.4, -0.2) is 9.32 Å². The van der Waals surface area contributed by atoms with Crippen molar-refractivity contribution in [1.82, 2.24) is 0 Å². The van der Waals surface area contributed by atoms with Crippen molar-refractivity contribution in [3.8, 4) is 0 Å². The highest BCUT2D eigenvalue weighted by Crippen LogP contribution is 2.24. The van der Waals surface area contributed by atoms with Crippen molar-refractivity contribution in [2.45, 2.75) is 11.9 Å². The predicted octanol–water partition coefficient (Wildman–Crippen LogP) is 3.18. The van der Waals surface area contributed by atoms with Crippen LogP contribution in [0.25, 0.3) is 0 Å². The summed E-state index contributed by atoms with van der Waals surface area (Å²) in [5.74, 6) is 0.379. The largest absolute Gasteiger partial charge is 0.383 e. The Hall–Kier alpha value is -1.71. The van der Waals surface area contributed by atoms with E-state index in [1.165, 1.54) is 0 Å². The molecular formula is C16H16O2S. The van der Waals surface area contributed by atoms with E-state index in [0.29, 0.717) is 16.2 Å². The monoisotopic (exact) mass is 272 g/mol. The first-order valence-corrected chi connectivity index (χ1v) is 7.34. The summed E-state index contributed by atoms with van der Waals surface area (Å²) in [7, 11) is -1.29. The van der Waals surface area contributed by atoms with Crippen LogP contribution in [0.4, 0.5) is 0 Å². The van der Waals surface area contributed by atoms with Crippen LogP contribution in [0.1, 0.15) is 17.2 Å². The molecule has 2 unspecified atom stereocenters. The number of rotatable bonds is 5. The summed E-state index contributed by atoms with van der Waals surface area (Å²) in [6, 6.07) is 18.7. The van der Waals surface area contributed by atoms with Crippen LogP contribution in [0, 0.1) is 0 Å². The van der Waals surface area contributed by atoms with Gasteiger partial charge in [-0.1, -0.05) is 67.2 Å². The second-order valence-corrected chi connectivity index (χ2v) is 5.76. The van der Waals surface area contributed by atoms with Gasteiger partial charge in [0.15, 0.2) is 0 Å². The van der Waals surface area contributed by atoms with Gasteiger partial charge in [-0.15, -0.1) is 0 Å². The van der Waals surface area contributed by atoms with E-state index in [0.717, 1.165) is 5.56 Å². The van der Waals surface area contributed by atoms with Gasteiger partial charge in [-0.3, -0.25) is 4.21 Å². The normalized spacial score (nSPS) is 13.7. The Labute approximate surface area is 115 Å². The fraction of sp³-hybridized carbons (Fsp3) is 0.125. The second-order valence-electron chi connectivity index (χ2n) is 4.25. The molecule has 0 amide bonds.